The number of rotatable bonds is 1. The molecule has 2 aliphatic heterocycles. The van der Waals surface area contributed by atoms with E-state index in [0.29, 0.717) is 5.41 Å². The first-order valence-electron chi connectivity index (χ1n) is 4.12. The Bertz CT molecular complexity index is 130. The van der Waals surface area contributed by atoms with Crippen molar-refractivity contribution in [3.05, 3.63) is 0 Å². The van der Waals surface area contributed by atoms with Crippen molar-refractivity contribution in [2.45, 2.75) is 19.9 Å². The molecule has 2 rings (SSSR count). The number of likely N-dealkylation sites (tertiary alicyclic amines) is 1. The van der Waals surface area contributed by atoms with Crippen molar-refractivity contribution in [1.82, 2.24) is 10.2 Å². The molecular weight excluding hydrogens is 124 g/mol. The molecule has 2 heteroatoms. The maximum Gasteiger partial charge on any atom is 0.0345 e. The van der Waals surface area contributed by atoms with Gasteiger partial charge in [-0.05, 0) is 5.41 Å². The molecule has 0 aromatic carbocycles. The average Bonchev–Trinajstić information content (AvgIpc) is 1.54. The lowest BCUT2D eigenvalue weighted by Crippen LogP contribution is -2.66. The van der Waals surface area contributed by atoms with Crippen LogP contribution in [0.5, 0.6) is 0 Å². The Balaban J connectivity index is 1.79. The molecule has 0 unspecified atom stereocenters. The molecule has 0 radical (unpaired) electrons. The topological polar surface area (TPSA) is 15.3 Å². The summed E-state index contributed by atoms with van der Waals surface area (Å²) >= 11 is 0. The predicted molar refractivity (Wildman–Crippen MR) is 42.0 cm³/mol. The number of hydrogen-bond acceptors (Lipinski definition) is 2. The van der Waals surface area contributed by atoms with Gasteiger partial charge < -0.3 is 5.32 Å². The summed E-state index contributed by atoms with van der Waals surface area (Å²) in [6, 6.07) is 0.869. The summed E-state index contributed by atoms with van der Waals surface area (Å²) in [7, 11) is 0. The quantitative estimate of drug-likeness (QED) is 0.563. The van der Waals surface area contributed by atoms with Crippen LogP contribution in [0.25, 0.3) is 0 Å². The number of nitrogens with one attached hydrogen (secondary N) is 1. The molecule has 0 spiro atoms. The van der Waals surface area contributed by atoms with E-state index in [-0.39, 0.29) is 0 Å². The van der Waals surface area contributed by atoms with Crippen molar-refractivity contribution in [3.63, 3.8) is 0 Å². The first-order valence-corrected chi connectivity index (χ1v) is 4.12. The van der Waals surface area contributed by atoms with Gasteiger partial charge >= 0.3 is 0 Å². The second kappa shape index (κ2) is 1.95. The van der Waals surface area contributed by atoms with Gasteiger partial charge in [0.05, 0.1) is 0 Å². The molecule has 0 amide bonds. The molecule has 0 aromatic rings. The van der Waals surface area contributed by atoms with E-state index >= 15 is 0 Å². The van der Waals surface area contributed by atoms with Crippen LogP contribution in [0.4, 0.5) is 0 Å². The van der Waals surface area contributed by atoms with Crippen LogP contribution < -0.4 is 5.32 Å². The normalized spacial score (nSPS) is 33.0. The van der Waals surface area contributed by atoms with Crippen LogP contribution >= 0.6 is 0 Å². The zero-order chi connectivity index (χ0) is 7.19. The fraction of sp³-hybridized carbons (Fsp3) is 1.00. The predicted octanol–water partition coefficient (Wildman–Crippen LogP) is 0.300. The standard InChI is InChI=1S/C8H16N2/c1-8(2)5-10(6-8)7-3-9-4-7/h7,9H,3-6H2,1-2H3. The highest BCUT2D eigenvalue weighted by Gasteiger charge is 2.39. The summed E-state index contributed by atoms with van der Waals surface area (Å²) in [6.07, 6.45) is 0. The van der Waals surface area contributed by atoms with Gasteiger partial charge in [0.15, 0.2) is 0 Å². The number of nitrogens with zero attached hydrogens (tertiary/aromatic N) is 1. The highest BCUT2D eigenvalue weighted by atomic mass is 15.3. The van der Waals surface area contributed by atoms with E-state index in [1.54, 1.807) is 0 Å². The molecular formula is C8H16N2. The Morgan fingerprint density at radius 3 is 2.20 bits per heavy atom. The lowest BCUT2D eigenvalue weighted by molar-refractivity contribution is -0.0225. The molecule has 2 aliphatic rings. The molecule has 2 fully saturated rings. The van der Waals surface area contributed by atoms with Crippen molar-refractivity contribution >= 4 is 0 Å². The molecule has 1 N–H and O–H groups in total. The van der Waals surface area contributed by atoms with Crippen molar-refractivity contribution < 1.29 is 0 Å². The average molecular weight is 140 g/mol. The Kier molecular flexibility index (Phi) is 1.29. The van der Waals surface area contributed by atoms with E-state index in [1.807, 2.05) is 0 Å². The number of hydrogen-bond donors (Lipinski definition) is 1. The van der Waals surface area contributed by atoms with E-state index < -0.39 is 0 Å². The minimum atomic E-state index is 0.607. The van der Waals surface area contributed by atoms with Gasteiger partial charge in [0.1, 0.15) is 0 Å². The van der Waals surface area contributed by atoms with Crippen molar-refractivity contribution in [2.75, 3.05) is 26.2 Å². The largest absolute Gasteiger partial charge is 0.314 e. The van der Waals surface area contributed by atoms with Crippen LogP contribution in [-0.4, -0.2) is 37.1 Å². The Morgan fingerprint density at radius 1 is 1.30 bits per heavy atom. The van der Waals surface area contributed by atoms with Gasteiger partial charge in [-0.3, -0.25) is 4.90 Å². The fourth-order valence-corrected chi connectivity index (χ4v) is 1.84. The van der Waals surface area contributed by atoms with E-state index in [2.05, 4.69) is 24.1 Å². The van der Waals surface area contributed by atoms with Gasteiger partial charge in [-0.15, -0.1) is 0 Å². The summed E-state index contributed by atoms with van der Waals surface area (Å²) in [6.45, 7) is 9.73. The Morgan fingerprint density at radius 2 is 1.90 bits per heavy atom. The molecule has 0 atom stereocenters. The second-order valence-corrected chi connectivity index (χ2v) is 4.38. The first-order chi connectivity index (χ1) is 4.67. The summed E-state index contributed by atoms with van der Waals surface area (Å²) in [4.78, 5) is 2.58. The van der Waals surface area contributed by atoms with Gasteiger partial charge in [-0.25, -0.2) is 0 Å². The third kappa shape index (κ3) is 0.956. The maximum atomic E-state index is 3.30. The third-order valence-electron chi connectivity index (χ3n) is 2.54. The van der Waals surface area contributed by atoms with E-state index in [1.165, 1.54) is 26.2 Å². The van der Waals surface area contributed by atoms with Crippen LogP contribution in [0.1, 0.15) is 13.8 Å². The highest BCUT2D eigenvalue weighted by Crippen LogP contribution is 2.30. The molecule has 0 bridgehead atoms. The first kappa shape index (κ1) is 6.62. The third-order valence-corrected chi connectivity index (χ3v) is 2.54. The summed E-state index contributed by atoms with van der Waals surface area (Å²) in [5, 5.41) is 3.30. The SMILES string of the molecule is CC1(C)CN(C2CNC2)C1. The Hall–Kier alpha value is -0.0800. The van der Waals surface area contributed by atoms with Gasteiger partial charge in [0, 0.05) is 32.2 Å². The van der Waals surface area contributed by atoms with Crippen LogP contribution in [0, 0.1) is 5.41 Å². The smallest absolute Gasteiger partial charge is 0.0345 e. The zero-order valence-electron chi connectivity index (χ0n) is 6.85. The summed E-state index contributed by atoms with van der Waals surface area (Å²) in [5.41, 5.74) is 0.607. The van der Waals surface area contributed by atoms with E-state index in [4.69, 9.17) is 0 Å². The summed E-state index contributed by atoms with van der Waals surface area (Å²) in [5.74, 6) is 0. The van der Waals surface area contributed by atoms with Crippen LogP contribution in [0.2, 0.25) is 0 Å². The van der Waals surface area contributed by atoms with Crippen molar-refractivity contribution in [1.29, 1.82) is 0 Å². The molecule has 0 aliphatic carbocycles. The highest BCUT2D eigenvalue weighted by molar-refractivity contribution is 4.96. The van der Waals surface area contributed by atoms with Crippen LogP contribution in [0.15, 0.2) is 0 Å². The molecule has 10 heavy (non-hydrogen) atoms. The van der Waals surface area contributed by atoms with Crippen LogP contribution in [-0.2, 0) is 0 Å². The lowest BCUT2D eigenvalue weighted by atomic mass is 9.82. The van der Waals surface area contributed by atoms with Crippen molar-refractivity contribution in [3.8, 4) is 0 Å². The van der Waals surface area contributed by atoms with Gasteiger partial charge in [0.2, 0.25) is 0 Å². The molecule has 58 valence electrons. The maximum absolute atomic E-state index is 3.30. The van der Waals surface area contributed by atoms with E-state index in [0.717, 1.165) is 6.04 Å². The zero-order valence-corrected chi connectivity index (χ0v) is 6.85. The molecule has 2 heterocycles. The molecule has 0 saturated carbocycles. The monoisotopic (exact) mass is 140 g/mol. The lowest BCUT2D eigenvalue weighted by Gasteiger charge is -2.52. The van der Waals surface area contributed by atoms with Gasteiger partial charge in [-0.2, -0.15) is 0 Å². The minimum absolute atomic E-state index is 0.607. The Labute approximate surface area is 62.6 Å². The van der Waals surface area contributed by atoms with E-state index in [9.17, 15) is 0 Å². The van der Waals surface area contributed by atoms with Gasteiger partial charge in [0.25, 0.3) is 0 Å². The summed E-state index contributed by atoms with van der Waals surface area (Å²) < 4.78 is 0. The molecule has 2 nitrogen and oxygen atoms in total. The minimum Gasteiger partial charge on any atom is -0.314 e. The van der Waals surface area contributed by atoms with Crippen LogP contribution in [0.3, 0.4) is 0 Å². The fourth-order valence-electron chi connectivity index (χ4n) is 1.84. The molecule has 2 saturated heterocycles. The van der Waals surface area contributed by atoms with Gasteiger partial charge in [-0.1, -0.05) is 13.8 Å². The second-order valence-electron chi connectivity index (χ2n) is 4.38. The van der Waals surface area contributed by atoms with Crippen molar-refractivity contribution in [2.24, 2.45) is 5.41 Å². The molecule has 0 aromatic heterocycles.